The first-order valence-corrected chi connectivity index (χ1v) is 10.2. The topological polar surface area (TPSA) is 102 Å². The molecule has 3 aromatic heterocycles. The van der Waals surface area contributed by atoms with Gasteiger partial charge in [-0.15, -0.1) is 0 Å². The van der Waals surface area contributed by atoms with Gasteiger partial charge < -0.3 is 5.32 Å². The molecule has 8 nitrogen and oxygen atoms in total. The SMILES string of the molecule is CS(=O)(=O)c1nc(NCc2ccc(-c3ccccn3)cc2)n2ncc(F)c2n1. The van der Waals surface area contributed by atoms with Crippen molar-refractivity contribution < 1.29 is 12.8 Å². The number of pyridine rings is 1. The van der Waals surface area contributed by atoms with Crippen LogP contribution >= 0.6 is 0 Å². The van der Waals surface area contributed by atoms with Gasteiger partial charge in [0.15, 0.2) is 11.5 Å². The van der Waals surface area contributed by atoms with E-state index in [4.69, 9.17) is 0 Å². The summed E-state index contributed by atoms with van der Waals surface area (Å²) in [6, 6.07) is 13.4. The number of nitrogens with one attached hydrogen (secondary N) is 1. The summed E-state index contributed by atoms with van der Waals surface area (Å²) in [4.78, 5) is 12.0. The number of halogens is 1. The van der Waals surface area contributed by atoms with Crippen LogP contribution in [0.15, 0.2) is 60.0 Å². The molecule has 0 saturated heterocycles. The van der Waals surface area contributed by atoms with Crippen LogP contribution in [-0.4, -0.2) is 39.2 Å². The number of rotatable bonds is 5. The number of aromatic nitrogens is 5. The number of hydrogen-bond acceptors (Lipinski definition) is 7. The van der Waals surface area contributed by atoms with E-state index in [0.717, 1.165) is 33.8 Å². The lowest BCUT2D eigenvalue weighted by molar-refractivity contribution is 0.590. The van der Waals surface area contributed by atoms with Crippen molar-refractivity contribution >= 4 is 21.4 Å². The number of anilines is 1. The van der Waals surface area contributed by atoms with Gasteiger partial charge in [0.25, 0.3) is 5.16 Å². The Labute approximate surface area is 160 Å². The number of nitrogens with zero attached hydrogens (tertiary/aromatic N) is 5. The molecule has 3 heterocycles. The van der Waals surface area contributed by atoms with Gasteiger partial charge in [-0.05, 0) is 17.7 Å². The van der Waals surface area contributed by atoms with Gasteiger partial charge in [-0.3, -0.25) is 4.98 Å². The Morgan fingerprint density at radius 2 is 1.89 bits per heavy atom. The highest BCUT2D eigenvalue weighted by Crippen LogP contribution is 2.18. The van der Waals surface area contributed by atoms with Crippen LogP contribution in [0, 0.1) is 5.82 Å². The van der Waals surface area contributed by atoms with Crippen molar-refractivity contribution in [3.05, 3.63) is 66.2 Å². The lowest BCUT2D eigenvalue weighted by Crippen LogP contribution is -2.13. The van der Waals surface area contributed by atoms with E-state index in [2.05, 4.69) is 25.4 Å². The number of benzene rings is 1. The Morgan fingerprint density at radius 1 is 1.11 bits per heavy atom. The van der Waals surface area contributed by atoms with Gasteiger partial charge in [-0.25, -0.2) is 12.8 Å². The van der Waals surface area contributed by atoms with Crippen molar-refractivity contribution in [3.8, 4) is 11.3 Å². The maximum Gasteiger partial charge on any atom is 0.252 e. The summed E-state index contributed by atoms with van der Waals surface area (Å²) < 4.78 is 38.6. The smallest absolute Gasteiger partial charge is 0.252 e. The fourth-order valence-corrected chi connectivity index (χ4v) is 3.12. The van der Waals surface area contributed by atoms with Crippen LogP contribution in [0.3, 0.4) is 0 Å². The Balaban J connectivity index is 1.60. The Kier molecular flexibility index (Phi) is 4.47. The second kappa shape index (κ2) is 6.97. The highest BCUT2D eigenvalue weighted by atomic mass is 32.2. The van der Waals surface area contributed by atoms with Crippen molar-refractivity contribution in [2.24, 2.45) is 0 Å². The molecule has 0 atom stereocenters. The van der Waals surface area contributed by atoms with E-state index in [0.29, 0.717) is 6.54 Å². The number of sulfone groups is 1. The molecule has 0 radical (unpaired) electrons. The third-order valence-electron chi connectivity index (χ3n) is 4.00. The lowest BCUT2D eigenvalue weighted by atomic mass is 10.1. The van der Waals surface area contributed by atoms with Crippen LogP contribution in [-0.2, 0) is 16.4 Å². The molecule has 0 bridgehead atoms. The zero-order valence-electron chi connectivity index (χ0n) is 14.7. The van der Waals surface area contributed by atoms with Gasteiger partial charge in [-0.1, -0.05) is 30.3 Å². The van der Waals surface area contributed by atoms with E-state index in [1.165, 1.54) is 0 Å². The maximum atomic E-state index is 13.9. The molecule has 10 heteroatoms. The monoisotopic (exact) mass is 398 g/mol. The highest BCUT2D eigenvalue weighted by Gasteiger charge is 2.18. The van der Waals surface area contributed by atoms with E-state index >= 15 is 0 Å². The first-order valence-electron chi connectivity index (χ1n) is 8.27. The first-order chi connectivity index (χ1) is 13.4. The molecule has 4 rings (SSSR count). The van der Waals surface area contributed by atoms with E-state index in [9.17, 15) is 12.8 Å². The minimum Gasteiger partial charge on any atom is -0.350 e. The second-order valence-electron chi connectivity index (χ2n) is 6.10. The van der Waals surface area contributed by atoms with Crippen LogP contribution in [0.5, 0.6) is 0 Å². The van der Waals surface area contributed by atoms with Crippen molar-refractivity contribution in [1.82, 2.24) is 24.6 Å². The molecule has 0 aliphatic heterocycles. The molecular formula is C18H15FN6O2S. The molecule has 1 N–H and O–H groups in total. The molecular weight excluding hydrogens is 383 g/mol. The quantitative estimate of drug-likeness (QED) is 0.550. The summed E-state index contributed by atoms with van der Waals surface area (Å²) in [6.45, 7) is 0.333. The number of fused-ring (bicyclic) bond motifs is 1. The largest absolute Gasteiger partial charge is 0.350 e. The summed E-state index contributed by atoms with van der Waals surface area (Å²) in [5.74, 6) is -0.641. The zero-order chi connectivity index (χ0) is 19.7. The molecule has 28 heavy (non-hydrogen) atoms. The molecule has 142 valence electrons. The van der Waals surface area contributed by atoms with E-state index in [1.807, 2.05) is 42.5 Å². The summed E-state index contributed by atoms with van der Waals surface area (Å²) in [5.41, 5.74) is 2.55. The third kappa shape index (κ3) is 3.54. The van der Waals surface area contributed by atoms with Crippen LogP contribution in [0.25, 0.3) is 16.9 Å². The van der Waals surface area contributed by atoms with Gasteiger partial charge in [0, 0.05) is 24.6 Å². The van der Waals surface area contributed by atoms with E-state index in [-0.39, 0.29) is 11.6 Å². The van der Waals surface area contributed by atoms with Crippen molar-refractivity contribution in [2.45, 2.75) is 11.7 Å². The van der Waals surface area contributed by atoms with Crippen molar-refractivity contribution in [3.63, 3.8) is 0 Å². The summed E-state index contributed by atoms with van der Waals surface area (Å²) >= 11 is 0. The zero-order valence-corrected chi connectivity index (χ0v) is 15.6. The Hall–Kier alpha value is -3.40. The van der Waals surface area contributed by atoms with Crippen LogP contribution in [0.4, 0.5) is 10.3 Å². The standard InChI is InChI=1S/C18H15FN6O2S/c1-28(26,27)18-23-16-14(19)11-22-25(16)17(24-18)21-10-12-5-7-13(8-6-12)15-4-2-3-9-20-15/h2-9,11H,10H2,1H3,(H,21,23,24). The van der Waals surface area contributed by atoms with Crippen LogP contribution in [0.2, 0.25) is 0 Å². The predicted molar refractivity (Wildman–Crippen MR) is 101 cm³/mol. The summed E-state index contributed by atoms with van der Waals surface area (Å²) in [5, 5.41) is 6.38. The molecule has 0 fully saturated rings. The molecule has 0 spiro atoms. The normalized spacial score (nSPS) is 11.6. The second-order valence-corrected chi connectivity index (χ2v) is 8.00. The van der Waals surface area contributed by atoms with Crippen LogP contribution < -0.4 is 5.32 Å². The molecule has 0 amide bonds. The van der Waals surface area contributed by atoms with E-state index in [1.54, 1.807) is 6.20 Å². The molecule has 0 aliphatic carbocycles. The maximum absolute atomic E-state index is 13.9. The van der Waals surface area contributed by atoms with Gasteiger partial charge in [0.1, 0.15) is 0 Å². The predicted octanol–water partition coefficient (Wildman–Crippen LogP) is 2.34. The minimum absolute atomic E-state index is 0.0862. The summed E-state index contributed by atoms with van der Waals surface area (Å²) in [7, 11) is -3.71. The third-order valence-corrected chi connectivity index (χ3v) is 4.85. The highest BCUT2D eigenvalue weighted by molar-refractivity contribution is 7.90. The van der Waals surface area contributed by atoms with E-state index < -0.39 is 20.8 Å². The average molecular weight is 398 g/mol. The lowest BCUT2D eigenvalue weighted by Gasteiger charge is -2.09. The molecule has 0 unspecified atom stereocenters. The van der Waals surface area contributed by atoms with Gasteiger partial charge in [0.2, 0.25) is 15.8 Å². The summed E-state index contributed by atoms with van der Waals surface area (Å²) in [6.07, 6.45) is 3.66. The average Bonchev–Trinajstić information content (AvgIpc) is 3.08. The molecule has 0 saturated carbocycles. The molecule has 4 aromatic rings. The fourth-order valence-electron chi connectivity index (χ4n) is 2.62. The molecule has 1 aromatic carbocycles. The number of hydrogen-bond donors (Lipinski definition) is 1. The van der Waals surface area contributed by atoms with Gasteiger partial charge >= 0.3 is 0 Å². The first kappa shape index (κ1) is 18.0. The van der Waals surface area contributed by atoms with Gasteiger partial charge in [-0.2, -0.15) is 19.6 Å². The Morgan fingerprint density at radius 3 is 2.57 bits per heavy atom. The Bertz CT molecular complexity index is 1240. The van der Waals surface area contributed by atoms with Crippen molar-refractivity contribution in [2.75, 3.05) is 11.6 Å². The minimum atomic E-state index is -3.71. The fraction of sp³-hybridized carbons (Fsp3) is 0.111. The van der Waals surface area contributed by atoms with Crippen LogP contribution in [0.1, 0.15) is 5.56 Å². The van der Waals surface area contributed by atoms with Crippen molar-refractivity contribution in [1.29, 1.82) is 0 Å². The van der Waals surface area contributed by atoms with Gasteiger partial charge in [0.05, 0.1) is 11.9 Å². The molecule has 0 aliphatic rings.